The van der Waals surface area contributed by atoms with Gasteiger partial charge in [0.05, 0.1) is 0 Å². The van der Waals surface area contributed by atoms with E-state index in [9.17, 15) is 9.18 Å². The van der Waals surface area contributed by atoms with E-state index < -0.39 is 5.91 Å². The molecule has 1 amide bonds. The number of amides is 1. The smallest absolute Gasteiger partial charge is 0.248 e. The summed E-state index contributed by atoms with van der Waals surface area (Å²) < 4.78 is 13.7. The molecule has 18 heavy (non-hydrogen) atoms. The van der Waals surface area contributed by atoms with Gasteiger partial charge in [-0.15, -0.1) is 0 Å². The first-order valence-corrected chi connectivity index (χ1v) is 6.38. The lowest BCUT2D eigenvalue weighted by Gasteiger charge is -2.13. The highest BCUT2D eigenvalue weighted by molar-refractivity contribution is 5.92. The van der Waals surface area contributed by atoms with E-state index in [0.717, 1.165) is 12.3 Å². The van der Waals surface area contributed by atoms with Crippen molar-refractivity contribution in [3.63, 3.8) is 0 Å². The van der Waals surface area contributed by atoms with Crippen molar-refractivity contribution in [1.82, 2.24) is 5.32 Å². The van der Waals surface area contributed by atoms with Crippen LogP contribution in [-0.4, -0.2) is 11.9 Å². The molecule has 0 aromatic heterocycles. The van der Waals surface area contributed by atoms with E-state index in [1.165, 1.54) is 18.9 Å². The van der Waals surface area contributed by atoms with Crippen molar-refractivity contribution in [2.75, 3.05) is 0 Å². The number of hydrogen-bond donors (Lipinski definition) is 2. The first-order valence-electron chi connectivity index (χ1n) is 6.38. The van der Waals surface area contributed by atoms with E-state index in [-0.39, 0.29) is 11.4 Å². The summed E-state index contributed by atoms with van der Waals surface area (Å²) in [5.74, 6) is -0.123. The predicted octanol–water partition coefficient (Wildman–Crippen LogP) is 2.20. The zero-order valence-electron chi connectivity index (χ0n) is 10.6. The summed E-state index contributed by atoms with van der Waals surface area (Å²) in [5.41, 5.74) is 5.88. The topological polar surface area (TPSA) is 55.1 Å². The first-order chi connectivity index (χ1) is 8.56. The van der Waals surface area contributed by atoms with Gasteiger partial charge in [-0.2, -0.15) is 0 Å². The SMILES string of the molecule is CC(CC1CC1)NCc1ccc(C(N)=O)cc1F. The maximum Gasteiger partial charge on any atom is 0.248 e. The molecular weight excluding hydrogens is 231 g/mol. The van der Waals surface area contributed by atoms with Gasteiger partial charge in [-0.1, -0.05) is 18.9 Å². The number of halogens is 1. The summed E-state index contributed by atoms with van der Waals surface area (Å²) in [4.78, 5) is 10.9. The Morgan fingerprint density at radius 2 is 2.28 bits per heavy atom. The molecule has 1 aromatic carbocycles. The normalized spacial score (nSPS) is 16.6. The third kappa shape index (κ3) is 3.53. The van der Waals surface area contributed by atoms with Gasteiger partial charge in [0, 0.05) is 23.7 Å². The zero-order valence-corrected chi connectivity index (χ0v) is 10.6. The summed E-state index contributed by atoms with van der Waals surface area (Å²) in [5, 5.41) is 3.30. The van der Waals surface area contributed by atoms with Gasteiger partial charge in [-0.05, 0) is 31.4 Å². The minimum atomic E-state index is -0.601. The largest absolute Gasteiger partial charge is 0.366 e. The second kappa shape index (κ2) is 5.48. The van der Waals surface area contributed by atoms with Gasteiger partial charge in [-0.3, -0.25) is 4.79 Å². The Morgan fingerprint density at radius 1 is 1.56 bits per heavy atom. The monoisotopic (exact) mass is 250 g/mol. The molecule has 1 aromatic rings. The molecule has 1 unspecified atom stereocenters. The molecule has 3 nitrogen and oxygen atoms in total. The average molecular weight is 250 g/mol. The summed E-state index contributed by atoms with van der Waals surface area (Å²) in [6.07, 6.45) is 3.81. The minimum Gasteiger partial charge on any atom is -0.366 e. The highest BCUT2D eigenvalue weighted by Crippen LogP contribution is 2.33. The lowest BCUT2D eigenvalue weighted by molar-refractivity contribution is 0.1000. The molecule has 1 aliphatic rings. The third-order valence-electron chi connectivity index (χ3n) is 3.36. The molecule has 1 aliphatic carbocycles. The predicted molar refractivity (Wildman–Crippen MR) is 68.6 cm³/mol. The van der Waals surface area contributed by atoms with Crippen LogP contribution in [0.25, 0.3) is 0 Å². The number of benzene rings is 1. The molecular formula is C14H19FN2O. The van der Waals surface area contributed by atoms with Crippen molar-refractivity contribution in [3.8, 4) is 0 Å². The molecule has 98 valence electrons. The number of nitrogens with one attached hydrogen (secondary N) is 1. The Balaban J connectivity index is 1.90. The zero-order chi connectivity index (χ0) is 13.1. The molecule has 0 saturated heterocycles. The van der Waals surface area contributed by atoms with Crippen LogP contribution in [0.1, 0.15) is 42.1 Å². The standard InChI is InChI=1S/C14H19FN2O/c1-9(6-10-2-3-10)17-8-12-5-4-11(14(16)18)7-13(12)15/h4-5,7,9-10,17H,2-3,6,8H2,1H3,(H2,16,18). The van der Waals surface area contributed by atoms with E-state index in [2.05, 4.69) is 12.2 Å². The van der Waals surface area contributed by atoms with Gasteiger partial charge in [0.15, 0.2) is 0 Å². The Morgan fingerprint density at radius 3 is 2.83 bits per heavy atom. The molecule has 0 radical (unpaired) electrons. The molecule has 3 N–H and O–H groups in total. The Bertz CT molecular complexity index is 443. The van der Waals surface area contributed by atoms with Crippen molar-refractivity contribution in [3.05, 3.63) is 35.1 Å². The van der Waals surface area contributed by atoms with Crippen LogP contribution in [0.3, 0.4) is 0 Å². The van der Waals surface area contributed by atoms with Gasteiger partial charge >= 0.3 is 0 Å². The Labute approximate surface area is 107 Å². The number of rotatable bonds is 6. The summed E-state index contributed by atoms with van der Waals surface area (Å²) >= 11 is 0. The van der Waals surface area contributed by atoms with Crippen LogP contribution in [-0.2, 0) is 6.54 Å². The Kier molecular flexibility index (Phi) is 3.97. The molecule has 0 heterocycles. The van der Waals surface area contributed by atoms with Crippen LogP contribution < -0.4 is 11.1 Å². The molecule has 0 aliphatic heterocycles. The van der Waals surface area contributed by atoms with Crippen molar-refractivity contribution in [1.29, 1.82) is 0 Å². The lowest BCUT2D eigenvalue weighted by atomic mass is 10.1. The van der Waals surface area contributed by atoms with E-state index >= 15 is 0 Å². The van der Waals surface area contributed by atoms with Crippen LogP contribution >= 0.6 is 0 Å². The molecule has 0 bridgehead atoms. The molecule has 1 fully saturated rings. The quantitative estimate of drug-likeness (QED) is 0.813. The van der Waals surface area contributed by atoms with Gasteiger partial charge in [0.2, 0.25) is 5.91 Å². The number of hydrogen-bond acceptors (Lipinski definition) is 2. The second-order valence-corrected chi connectivity index (χ2v) is 5.13. The highest BCUT2D eigenvalue weighted by atomic mass is 19.1. The van der Waals surface area contributed by atoms with E-state index in [4.69, 9.17) is 5.73 Å². The average Bonchev–Trinajstić information content (AvgIpc) is 3.11. The van der Waals surface area contributed by atoms with Crippen LogP contribution in [0.5, 0.6) is 0 Å². The number of carbonyl (C=O) groups is 1. The van der Waals surface area contributed by atoms with E-state index in [1.807, 2.05) is 0 Å². The van der Waals surface area contributed by atoms with Crippen LogP contribution in [0.2, 0.25) is 0 Å². The van der Waals surface area contributed by atoms with Gasteiger partial charge in [0.25, 0.3) is 0 Å². The van der Waals surface area contributed by atoms with Crippen molar-refractivity contribution >= 4 is 5.91 Å². The van der Waals surface area contributed by atoms with E-state index in [1.54, 1.807) is 12.1 Å². The number of carbonyl (C=O) groups excluding carboxylic acids is 1. The first kappa shape index (κ1) is 13.0. The summed E-state index contributed by atoms with van der Waals surface area (Å²) in [7, 11) is 0. The minimum absolute atomic E-state index is 0.210. The van der Waals surface area contributed by atoms with Gasteiger partial charge in [0.1, 0.15) is 5.82 Å². The maximum atomic E-state index is 13.7. The van der Waals surface area contributed by atoms with Crippen molar-refractivity contribution in [2.24, 2.45) is 11.7 Å². The fourth-order valence-corrected chi connectivity index (χ4v) is 2.07. The second-order valence-electron chi connectivity index (χ2n) is 5.13. The third-order valence-corrected chi connectivity index (χ3v) is 3.36. The molecule has 1 saturated carbocycles. The molecule has 4 heteroatoms. The van der Waals surface area contributed by atoms with Gasteiger partial charge in [-0.25, -0.2) is 4.39 Å². The number of nitrogens with two attached hydrogens (primary N) is 1. The lowest BCUT2D eigenvalue weighted by Crippen LogP contribution is -2.26. The summed E-state index contributed by atoms with van der Waals surface area (Å²) in [6, 6.07) is 4.78. The van der Waals surface area contributed by atoms with Crippen LogP contribution in [0.4, 0.5) is 4.39 Å². The van der Waals surface area contributed by atoms with Crippen molar-refractivity contribution in [2.45, 2.75) is 38.8 Å². The highest BCUT2D eigenvalue weighted by Gasteiger charge is 2.23. The molecule has 1 atom stereocenters. The van der Waals surface area contributed by atoms with E-state index in [0.29, 0.717) is 18.2 Å². The maximum absolute atomic E-state index is 13.7. The molecule has 2 rings (SSSR count). The summed E-state index contributed by atoms with van der Waals surface area (Å²) in [6.45, 7) is 2.60. The Hall–Kier alpha value is -1.42. The van der Waals surface area contributed by atoms with Crippen molar-refractivity contribution < 1.29 is 9.18 Å². The fraction of sp³-hybridized carbons (Fsp3) is 0.500. The molecule has 0 spiro atoms. The van der Waals surface area contributed by atoms with Crippen LogP contribution in [0, 0.1) is 11.7 Å². The van der Waals surface area contributed by atoms with Crippen LogP contribution in [0.15, 0.2) is 18.2 Å². The fourth-order valence-electron chi connectivity index (χ4n) is 2.07. The number of primary amides is 1. The van der Waals surface area contributed by atoms with Gasteiger partial charge < -0.3 is 11.1 Å².